The van der Waals surface area contributed by atoms with Crippen LogP contribution in [-0.4, -0.2) is 40.2 Å². The van der Waals surface area contributed by atoms with Gasteiger partial charge < -0.3 is 19.7 Å². The van der Waals surface area contributed by atoms with Gasteiger partial charge in [0.25, 0.3) is 0 Å². The second-order valence-electron chi connectivity index (χ2n) is 5.57. The molecule has 0 radical (unpaired) electrons. The van der Waals surface area contributed by atoms with Gasteiger partial charge in [0.1, 0.15) is 5.66 Å². The predicted molar refractivity (Wildman–Crippen MR) is 76.3 cm³/mol. The van der Waals surface area contributed by atoms with Gasteiger partial charge in [-0.1, -0.05) is 13.8 Å². The lowest BCUT2D eigenvalue weighted by molar-refractivity contribution is 0.103. The highest BCUT2D eigenvalue weighted by Gasteiger charge is 2.26. The highest BCUT2D eigenvalue weighted by molar-refractivity contribution is 6.50. The lowest BCUT2D eigenvalue weighted by Gasteiger charge is -2.30. The normalized spacial score (nSPS) is 12.3. The maximum absolute atomic E-state index is 12.0. The Balaban J connectivity index is 4.84. The van der Waals surface area contributed by atoms with Crippen LogP contribution < -0.4 is 0 Å². The van der Waals surface area contributed by atoms with Crippen LogP contribution in [0.25, 0.3) is 0 Å². The molecule has 6 heteroatoms. The van der Waals surface area contributed by atoms with E-state index in [-0.39, 0.29) is 17.7 Å². The second-order valence-corrected chi connectivity index (χ2v) is 5.57. The standard InChI is InChI=1S/C13H26BNO4/c1-9(2)7-8-12(14(17)18)19-13(16)15(10(3)4)11(5)6/h8-11,17-18H,7H2,1-6H3/b12-8-. The van der Waals surface area contributed by atoms with Crippen LogP contribution in [0.15, 0.2) is 11.7 Å². The third-order valence-electron chi connectivity index (χ3n) is 2.57. The van der Waals surface area contributed by atoms with Gasteiger partial charge in [-0.25, -0.2) is 4.79 Å². The molecule has 0 fully saturated rings. The number of carbonyl (C=O) groups is 1. The SMILES string of the molecule is CC(C)C/C=C(\OC(=O)N(C(C)C)C(C)C)B(O)O. The number of hydrogen-bond donors (Lipinski definition) is 2. The van der Waals surface area contributed by atoms with Crippen molar-refractivity contribution >= 4 is 13.2 Å². The molecule has 0 aromatic rings. The fraction of sp³-hybridized carbons (Fsp3) is 0.769. The molecule has 0 aliphatic rings. The van der Waals surface area contributed by atoms with Crippen molar-refractivity contribution in [1.82, 2.24) is 4.90 Å². The molecule has 0 aromatic heterocycles. The van der Waals surface area contributed by atoms with E-state index in [1.54, 1.807) is 11.0 Å². The van der Waals surface area contributed by atoms with Gasteiger partial charge in [-0.15, -0.1) is 0 Å². The van der Waals surface area contributed by atoms with Crippen molar-refractivity contribution in [2.24, 2.45) is 5.92 Å². The zero-order valence-corrected chi connectivity index (χ0v) is 12.8. The van der Waals surface area contributed by atoms with Crippen LogP contribution in [0.2, 0.25) is 0 Å². The maximum Gasteiger partial charge on any atom is 0.526 e. The highest BCUT2D eigenvalue weighted by atomic mass is 16.6. The van der Waals surface area contributed by atoms with E-state index < -0.39 is 13.2 Å². The zero-order valence-electron chi connectivity index (χ0n) is 12.8. The van der Waals surface area contributed by atoms with E-state index in [2.05, 4.69) is 0 Å². The maximum atomic E-state index is 12.0. The summed E-state index contributed by atoms with van der Waals surface area (Å²) in [7, 11) is -1.77. The van der Waals surface area contributed by atoms with Gasteiger partial charge in [-0.2, -0.15) is 0 Å². The smallest absolute Gasteiger partial charge is 0.421 e. The Morgan fingerprint density at radius 1 is 1.16 bits per heavy atom. The Morgan fingerprint density at radius 3 is 1.95 bits per heavy atom. The molecule has 0 saturated carbocycles. The van der Waals surface area contributed by atoms with Gasteiger partial charge >= 0.3 is 13.2 Å². The number of carbonyl (C=O) groups excluding carboxylic acids is 1. The van der Waals surface area contributed by atoms with E-state index in [4.69, 9.17) is 4.74 Å². The molecule has 0 aliphatic heterocycles. The fourth-order valence-electron chi connectivity index (χ4n) is 1.72. The van der Waals surface area contributed by atoms with Crippen molar-refractivity contribution in [3.05, 3.63) is 11.7 Å². The lowest BCUT2D eigenvalue weighted by atomic mass is 9.86. The average molecular weight is 271 g/mol. The number of hydrogen-bond acceptors (Lipinski definition) is 4. The minimum absolute atomic E-state index is 0.0188. The monoisotopic (exact) mass is 271 g/mol. The molecule has 0 rings (SSSR count). The quantitative estimate of drug-likeness (QED) is 0.574. The largest absolute Gasteiger partial charge is 0.526 e. The third-order valence-corrected chi connectivity index (χ3v) is 2.57. The Bertz CT molecular complexity index is 306. The van der Waals surface area contributed by atoms with E-state index in [0.717, 1.165) is 0 Å². The molecule has 0 aliphatic carbocycles. The summed E-state index contributed by atoms with van der Waals surface area (Å²) in [5.74, 6) is 0.346. The molecule has 0 unspecified atom stereocenters. The number of ether oxygens (including phenoxy) is 1. The molecule has 0 heterocycles. The minimum atomic E-state index is -1.77. The van der Waals surface area contributed by atoms with Crippen LogP contribution in [0.1, 0.15) is 48.0 Å². The number of allylic oxidation sites excluding steroid dienone is 1. The molecular weight excluding hydrogens is 245 g/mol. The number of rotatable bonds is 6. The summed E-state index contributed by atoms with van der Waals surface area (Å²) >= 11 is 0. The molecule has 0 aromatic carbocycles. The molecule has 0 bridgehead atoms. The minimum Gasteiger partial charge on any atom is -0.421 e. The summed E-state index contributed by atoms with van der Waals surface area (Å²) in [6.07, 6.45) is 1.60. The van der Waals surface area contributed by atoms with Gasteiger partial charge in [-0.05, 0) is 46.1 Å². The molecule has 110 valence electrons. The van der Waals surface area contributed by atoms with Crippen molar-refractivity contribution in [1.29, 1.82) is 0 Å². The van der Waals surface area contributed by atoms with Crippen LogP contribution in [0, 0.1) is 5.92 Å². The first kappa shape index (κ1) is 18.0. The van der Waals surface area contributed by atoms with Gasteiger partial charge in [0, 0.05) is 12.1 Å². The Morgan fingerprint density at radius 2 is 1.63 bits per heavy atom. The van der Waals surface area contributed by atoms with Gasteiger partial charge in [0.2, 0.25) is 0 Å². The molecule has 0 saturated heterocycles. The molecule has 5 nitrogen and oxygen atoms in total. The van der Waals surface area contributed by atoms with E-state index >= 15 is 0 Å². The van der Waals surface area contributed by atoms with E-state index in [1.807, 2.05) is 41.5 Å². The summed E-state index contributed by atoms with van der Waals surface area (Å²) < 4.78 is 5.10. The highest BCUT2D eigenvalue weighted by Crippen LogP contribution is 2.13. The van der Waals surface area contributed by atoms with E-state index in [9.17, 15) is 14.8 Å². The number of amides is 1. The summed E-state index contributed by atoms with van der Waals surface area (Å²) in [6.45, 7) is 11.5. The first-order valence-electron chi connectivity index (χ1n) is 6.73. The van der Waals surface area contributed by atoms with Crippen molar-refractivity contribution < 1.29 is 19.6 Å². The third kappa shape index (κ3) is 6.64. The van der Waals surface area contributed by atoms with Crippen LogP contribution in [0.3, 0.4) is 0 Å². The summed E-state index contributed by atoms with van der Waals surface area (Å²) in [5, 5.41) is 18.4. The van der Waals surface area contributed by atoms with Crippen molar-refractivity contribution in [3.8, 4) is 0 Å². The van der Waals surface area contributed by atoms with Crippen molar-refractivity contribution in [2.75, 3.05) is 0 Å². The topological polar surface area (TPSA) is 70.0 Å². The summed E-state index contributed by atoms with van der Waals surface area (Å²) in [4.78, 5) is 13.6. The predicted octanol–water partition coefficient (Wildman–Crippen LogP) is 2.18. The Kier molecular flexibility index (Phi) is 7.79. The molecular formula is C13H26BNO4. The average Bonchev–Trinajstić information content (AvgIpc) is 2.22. The molecule has 1 amide bonds. The fourth-order valence-corrected chi connectivity index (χ4v) is 1.72. The first-order valence-corrected chi connectivity index (χ1v) is 6.73. The van der Waals surface area contributed by atoms with Gasteiger partial charge in [0.05, 0.1) is 0 Å². The summed E-state index contributed by atoms with van der Waals surface area (Å²) in [5.41, 5.74) is -0.106. The molecule has 2 N–H and O–H groups in total. The van der Waals surface area contributed by atoms with Crippen LogP contribution >= 0.6 is 0 Å². The van der Waals surface area contributed by atoms with Crippen LogP contribution in [-0.2, 0) is 4.74 Å². The van der Waals surface area contributed by atoms with E-state index in [1.165, 1.54) is 0 Å². The van der Waals surface area contributed by atoms with E-state index in [0.29, 0.717) is 12.3 Å². The lowest BCUT2D eigenvalue weighted by Crippen LogP contribution is -2.43. The number of nitrogens with zero attached hydrogens (tertiary/aromatic N) is 1. The van der Waals surface area contributed by atoms with Crippen LogP contribution in [0.4, 0.5) is 4.79 Å². The second kappa shape index (κ2) is 8.22. The summed E-state index contributed by atoms with van der Waals surface area (Å²) in [6, 6.07) is -0.0376. The molecule has 0 atom stereocenters. The zero-order chi connectivity index (χ0) is 15.2. The Labute approximate surface area is 116 Å². The molecule has 0 spiro atoms. The van der Waals surface area contributed by atoms with Crippen molar-refractivity contribution in [2.45, 2.75) is 60.0 Å². The van der Waals surface area contributed by atoms with Gasteiger partial charge in [0.15, 0.2) is 0 Å². The Hall–Kier alpha value is -1.01. The first-order chi connectivity index (χ1) is 8.66. The molecule has 19 heavy (non-hydrogen) atoms. The van der Waals surface area contributed by atoms with Crippen LogP contribution in [0.5, 0.6) is 0 Å². The van der Waals surface area contributed by atoms with Crippen molar-refractivity contribution in [3.63, 3.8) is 0 Å². The van der Waals surface area contributed by atoms with Gasteiger partial charge in [-0.3, -0.25) is 0 Å².